The molecule has 0 heterocycles. The van der Waals surface area contributed by atoms with Crippen LogP contribution in [0.2, 0.25) is 0 Å². The van der Waals surface area contributed by atoms with Crippen molar-refractivity contribution in [3.05, 3.63) is 54.6 Å². The second-order valence-electron chi connectivity index (χ2n) is 4.28. The zero-order valence-electron chi connectivity index (χ0n) is 11.3. The summed E-state index contributed by atoms with van der Waals surface area (Å²) in [5.74, 6) is 1.70. The highest BCUT2D eigenvalue weighted by molar-refractivity contribution is 5.49. The average molecular weight is 256 g/mol. The maximum Gasteiger partial charge on any atom is 0.127 e. The fourth-order valence-electron chi connectivity index (χ4n) is 1.98. The molecule has 19 heavy (non-hydrogen) atoms. The molecule has 0 aliphatic rings. The number of para-hydroxylation sites is 1. The number of nitrogens with zero attached hydrogens (tertiary/aromatic N) is 1. The van der Waals surface area contributed by atoms with Gasteiger partial charge in [-0.05, 0) is 43.3 Å². The molecule has 3 nitrogen and oxygen atoms in total. The standard InChI is InChI=1S/C16H20N2O/c1-2-18(13-12-17)14-8-10-16(11-9-14)19-15-6-4-3-5-7-15/h3-11H,2,12-13,17H2,1H3. The van der Waals surface area contributed by atoms with Gasteiger partial charge in [0.25, 0.3) is 0 Å². The molecule has 2 aromatic rings. The van der Waals surface area contributed by atoms with Crippen molar-refractivity contribution in [3.63, 3.8) is 0 Å². The van der Waals surface area contributed by atoms with E-state index in [2.05, 4.69) is 24.0 Å². The number of benzene rings is 2. The Balaban J connectivity index is 2.06. The number of likely N-dealkylation sites (N-methyl/N-ethyl adjacent to an activating group) is 1. The highest BCUT2D eigenvalue weighted by Crippen LogP contribution is 2.24. The fraction of sp³-hybridized carbons (Fsp3) is 0.250. The number of hydrogen-bond donors (Lipinski definition) is 1. The molecule has 0 saturated heterocycles. The van der Waals surface area contributed by atoms with E-state index in [1.54, 1.807) is 0 Å². The van der Waals surface area contributed by atoms with E-state index >= 15 is 0 Å². The minimum atomic E-state index is 0.663. The van der Waals surface area contributed by atoms with E-state index in [0.717, 1.165) is 24.6 Å². The summed E-state index contributed by atoms with van der Waals surface area (Å²) in [6.07, 6.45) is 0. The lowest BCUT2D eigenvalue weighted by Gasteiger charge is -2.22. The van der Waals surface area contributed by atoms with Crippen molar-refractivity contribution in [1.29, 1.82) is 0 Å². The molecule has 0 unspecified atom stereocenters. The summed E-state index contributed by atoms with van der Waals surface area (Å²) in [6.45, 7) is 4.62. The van der Waals surface area contributed by atoms with Gasteiger partial charge in [0.1, 0.15) is 11.5 Å². The van der Waals surface area contributed by atoms with Gasteiger partial charge in [-0.15, -0.1) is 0 Å². The van der Waals surface area contributed by atoms with Gasteiger partial charge in [0.2, 0.25) is 0 Å². The van der Waals surface area contributed by atoms with Gasteiger partial charge in [-0.3, -0.25) is 0 Å². The van der Waals surface area contributed by atoms with Crippen molar-refractivity contribution in [2.45, 2.75) is 6.92 Å². The lowest BCUT2D eigenvalue weighted by molar-refractivity contribution is 0.482. The molecule has 0 aliphatic heterocycles. The van der Waals surface area contributed by atoms with Crippen LogP contribution in [0.1, 0.15) is 6.92 Å². The maximum absolute atomic E-state index is 5.76. The highest BCUT2D eigenvalue weighted by atomic mass is 16.5. The average Bonchev–Trinajstić information content (AvgIpc) is 2.47. The molecule has 0 radical (unpaired) electrons. The number of rotatable bonds is 6. The lowest BCUT2D eigenvalue weighted by Crippen LogP contribution is -2.28. The molecule has 0 amide bonds. The molecule has 0 fully saturated rings. The molecule has 0 aliphatic carbocycles. The summed E-state index contributed by atoms with van der Waals surface area (Å²) < 4.78 is 5.76. The van der Waals surface area contributed by atoms with Gasteiger partial charge >= 0.3 is 0 Å². The minimum Gasteiger partial charge on any atom is -0.457 e. The zero-order valence-corrected chi connectivity index (χ0v) is 11.3. The number of anilines is 1. The summed E-state index contributed by atoms with van der Waals surface area (Å²) in [6, 6.07) is 17.9. The Morgan fingerprint density at radius 1 is 0.947 bits per heavy atom. The summed E-state index contributed by atoms with van der Waals surface area (Å²) in [7, 11) is 0. The highest BCUT2D eigenvalue weighted by Gasteiger charge is 2.03. The smallest absolute Gasteiger partial charge is 0.127 e. The molecule has 3 heteroatoms. The summed E-state index contributed by atoms with van der Waals surface area (Å²) >= 11 is 0. The van der Waals surface area contributed by atoms with E-state index in [1.807, 2.05) is 42.5 Å². The molecule has 0 aromatic heterocycles. The van der Waals surface area contributed by atoms with Crippen molar-refractivity contribution in [1.82, 2.24) is 0 Å². The first-order chi connectivity index (χ1) is 9.33. The Hall–Kier alpha value is -2.00. The maximum atomic E-state index is 5.76. The van der Waals surface area contributed by atoms with Crippen molar-refractivity contribution in [2.24, 2.45) is 5.73 Å². The summed E-state index contributed by atoms with van der Waals surface area (Å²) in [4.78, 5) is 2.24. The van der Waals surface area contributed by atoms with Crippen LogP contribution in [0.5, 0.6) is 11.5 Å². The van der Waals surface area contributed by atoms with E-state index in [1.165, 1.54) is 5.69 Å². The van der Waals surface area contributed by atoms with Gasteiger partial charge in [-0.25, -0.2) is 0 Å². The Kier molecular flexibility index (Phi) is 4.81. The minimum absolute atomic E-state index is 0.663. The van der Waals surface area contributed by atoms with Crippen molar-refractivity contribution >= 4 is 5.69 Å². The zero-order chi connectivity index (χ0) is 13.5. The molecule has 0 atom stereocenters. The van der Waals surface area contributed by atoms with Gasteiger partial charge in [0.05, 0.1) is 0 Å². The SMILES string of the molecule is CCN(CCN)c1ccc(Oc2ccccc2)cc1. The van der Waals surface area contributed by atoms with Crippen molar-refractivity contribution < 1.29 is 4.74 Å². The summed E-state index contributed by atoms with van der Waals surface area (Å²) in [5, 5.41) is 0. The monoisotopic (exact) mass is 256 g/mol. The molecule has 0 saturated carbocycles. The summed E-state index contributed by atoms with van der Waals surface area (Å²) in [5.41, 5.74) is 6.78. The molecule has 2 N–H and O–H groups in total. The number of nitrogens with two attached hydrogens (primary N) is 1. The topological polar surface area (TPSA) is 38.5 Å². The molecule has 2 aromatic carbocycles. The van der Waals surface area contributed by atoms with E-state index in [9.17, 15) is 0 Å². The second-order valence-corrected chi connectivity index (χ2v) is 4.28. The Morgan fingerprint density at radius 3 is 2.16 bits per heavy atom. The largest absolute Gasteiger partial charge is 0.457 e. The second kappa shape index (κ2) is 6.81. The van der Waals surface area contributed by atoms with Gasteiger partial charge in [0, 0.05) is 25.3 Å². The fourth-order valence-corrected chi connectivity index (χ4v) is 1.98. The predicted molar refractivity (Wildman–Crippen MR) is 79.9 cm³/mol. The van der Waals surface area contributed by atoms with Crippen LogP contribution >= 0.6 is 0 Å². The third-order valence-corrected chi connectivity index (χ3v) is 2.96. The third-order valence-electron chi connectivity index (χ3n) is 2.96. The van der Waals surface area contributed by atoms with Gasteiger partial charge in [-0.2, -0.15) is 0 Å². The van der Waals surface area contributed by atoms with Crippen LogP contribution in [-0.2, 0) is 0 Å². The van der Waals surface area contributed by atoms with E-state index in [0.29, 0.717) is 6.54 Å². The first kappa shape index (κ1) is 13.4. The molecular weight excluding hydrogens is 236 g/mol. The van der Waals surface area contributed by atoms with E-state index in [-0.39, 0.29) is 0 Å². The Bertz CT molecular complexity index is 482. The normalized spacial score (nSPS) is 10.2. The molecular formula is C16H20N2O. The van der Waals surface area contributed by atoms with Crippen LogP contribution in [-0.4, -0.2) is 19.6 Å². The lowest BCUT2D eigenvalue weighted by atomic mass is 10.2. The van der Waals surface area contributed by atoms with Crippen LogP contribution in [0.25, 0.3) is 0 Å². The quantitative estimate of drug-likeness (QED) is 0.862. The van der Waals surface area contributed by atoms with Crippen LogP contribution in [0, 0.1) is 0 Å². The predicted octanol–water partition coefficient (Wildman–Crippen LogP) is 3.26. The first-order valence-corrected chi connectivity index (χ1v) is 6.61. The Labute approximate surface area is 114 Å². The van der Waals surface area contributed by atoms with Crippen molar-refractivity contribution in [2.75, 3.05) is 24.5 Å². The number of hydrogen-bond acceptors (Lipinski definition) is 3. The Morgan fingerprint density at radius 2 is 1.58 bits per heavy atom. The van der Waals surface area contributed by atoms with Crippen LogP contribution in [0.4, 0.5) is 5.69 Å². The molecule has 0 spiro atoms. The van der Waals surface area contributed by atoms with Gasteiger partial charge < -0.3 is 15.4 Å². The van der Waals surface area contributed by atoms with Gasteiger partial charge in [0.15, 0.2) is 0 Å². The van der Waals surface area contributed by atoms with Gasteiger partial charge in [-0.1, -0.05) is 18.2 Å². The molecule has 2 rings (SSSR count). The van der Waals surface area contributed by atoms with Crippen LogP contribution < -0.4 is 15.4 Å². The number of ether oxygens (including phenoxy) is 1. The third kappa shape index (κ3) is 3.73. The van der Waals surface area contributed by atoms with Crippen LogP contribution in [0.3, 0.4) is 0 Å². The molecule has 0 bridgehead atoms. The molecule has 100 valence electrons. The van der Waals surface area contributed by atoms with Crippen molar-refractivity contribution in [3.8, 4) is 11.5 Å². The van der Waals surface area contributed by atoms with Crippen LogP contribution in [0.15, 0.2) is 54.6 Å². The van der Waals surface area contributed by atoms with E-state index < -0.39 is 0 Å². The first-order valence-electron chi connectivity index (χ1n) is 6.61. The van der Waals surface area contributed by atoms with E-state index in [4.69, 9.17) is 10.5 Å².